The zero-order valence-electron chi connectivity index (χ0n) is 26.7. The lowest BCUT2D eigenvalue weighted by molar-refractivity contribution is -0.672. The molecule has 42 heavy (non-hydrogen) atoms. The molecule has 0 saturated heterocycles. The average Bonchev–Trinajstić information content (AvgIpc) is 3.00. The number of aryl methyl sites for hydroxylation is 2. The van der Waals surface area contributed by atoms with Crippen LogP contribution in [-0.4, -0.2) is 17.4 Å². The molecular formula is C38H55N2O2+. The van der Waals surface area contributed by atoms with Gasteiger partial charge in [0.2, 0.25) is 0 Å². The summed E-state index contributed by atoms with van der Waals surface area (Å²) in [5.41, 5.74) is 4.11. The summed E-state index contributed by atoms with van der Waals surface area (Å²) in [5, 5.41) is 0. The van der Waals surface area contributed by atoms with Gasteiger partial charge >= 0.3 is 0 Å². The van der Waals surface area contributed by atoms with Gasteiger partial charge in [0.25, 0.3) is 5.91 Å². The van der Waals surface area contributed by atoms with Gasteiger partial charge in [0.05, 0.1) is 13.2 Å². The number of carbonyl (C=O) groups is 1. The molecule has 3 rings (SSSR count). The topological polar surface area (TPSA) is 33.4 Å². The molecule has 0 saturated carbocycles. The minimum atomic E-state index is 0.0413. The van der Waals surface area contributed by atoms with Crippen LogP contribution in [0.25, 0.3) is 0 Å². The molecule has 0 N–H and O–H groups in total. The van der Waals surface area contributed by atoms with E-state index < -0.39 is 0 Å². The largest absolute Gasteiger partial charge is 0.494 e. The van der Waals surface area contributed by atoms with Gasteiger partial charge in [-0.25, -0.2) is 4.57 Å². The molecule has 0 radical (unpaired) electrons. The van der Waals surface area contributed by atoms with Crippen LogP contribution >= 0.6 is 0 Å². The molecule has 228 valence electrons. The van der Waals surface area contributed by atoms with E-state index in [0.29, 0.717) is 18.7 Å². The molecule has 0 fully saturated rings. The molecule has 4 nitrogen and oxygen atoms in total. The van der Waals surface area contributed by atoms with Crippen LogP contribution in [0.3, 0.4) is 0 Å². The van der Waals surface area contributed by atoms with Gasteiger partial charge in [-0.15, -0.1) is 0 Å². The van der Waals surface area contributed by atoms with Crippen LogP contribution < -0.4 is 9.30 Å². The lowest BCUT2D eigenvalue weighted by Gasteiger charge is -2.24. The van der Waals surface area contributed by atoms with Crippen LogP contribution in [0.4, 0.5) is 0 Å². The van der Waals surface area contributed by atoms with Crippen LogP contribution in [0, 0.1) is 6.92 Å². The van der Waals surface area contributed by atoms with Crippen LogP contribution in [0.15, 0.2) is 73.1 Å². The standard InChI is InChI=1S/C38H55N2O2/c1-4-5-6-7-8-9-10-11-12-13-14-15-16-20-28-42-37-26-25-36(33(2)29-37)32-40(31-34-22-21-27-39(3)30-34)38(41)35-23-18-17-19-24-35/h17-19,21-27,29-30H,4-16,20,28,31-32H2,1-3H3/q+1. The summed E-state index contributed by atoms with van der Waals surface area (Å²) in [5.74, 6) is 0.960. The van der Waals surface area contributed by atoms with Crippen molar-refractivity contribution in [2.45, 2.75) is 117 Å². The van der Waals surface area contributed by atoms with Crippen LogP contribution in [0.1, 0.15) is 124 Å². The molecule has 2 aromatic carbocycles. The van der Waals surface area contributed by atoms with E-state index in [0.717, 1.165) is 35.5 Å². The smallest absolute Gasteiger partial charge is 0.254 e. The number of aromatic nitrogens is 1. The van der Waals surface area contributed by atoms with E-state index in [1.54, 1.807) is 0 Å². The van der Waals surface area contributed by atoms with Crippen molar-refractivity contribution in [1.82, 2.24) is 4.90 Å². The van der Waals surface area contributed by atoms with Gasteiger partial charge in [-0.2, -0.15) is 0 Å². The van der Waals surface area contributed by atoms with Gasteiger partial charge in [-0.1, -0.05) is 115 Å². The minimum Gasteiger partial charge on any atom is -0.494 e. The van der Waals surface area contributed by atoms with Crippen molar-refractivity contribution < 1.29 is 14.1 Å². The maximum absolute atomic E-state index is 13.5. The third-order valence-electron chi connectivity index (χ3n) is 8.12. The highest BCUT2D eigenvalue weighted by atomic mass is 16.5. The van der Waals surface area contributed by atoms with Crippen molar-refractivity contribution in [3.05, 3.63) is 95.3 Å². The maximum atomic E-state index is 13.5. The zero-order chi connectivity index (χ0) is 29.8. The van der Waals surface area contributed by atoms with Gasteiger partial charge in [0.15, 0.2) is 12.4 Å². The van der Waals surface area contributed by atoms with Crippen LogP contribution in [-0.2, 0) is 20.1 Å². The summed E-state index contributed by atoms with van der Waals surface area (Å²) >= 11 is 0. The van der Waals surface area contributed by atoms with Gasteiger partial charge < -0.3 is 9.64 Å². The Balaban J connectivity index is 1.37. The Morgan fingerprint density at radius 3 is 1.95 bits per heavy atom. The quantitative estimate of drug-likeness (QED) is 0.0942. The normalized spacial score (nSPS) is 11.0. The SMILES string of the molecule is CCCCCCCCCCCCCCCCOc1ccc(CN(Cc2ccc[n+](C)c2)C(=O)c2ccccc2)c(C)c1. The van der Waals surface area contributed by atoms with Crippen LogP contribution in [0.5, 0.6) is 5.75 Å². The van der Waals surface area contributed by atoms with E-state index in [-0.39, 0.29) is 5.91 Å². The predicted molar refractivity (Wildman–Crippen MR) is 175 cm³/mol. The highest BCUT2D eigenvalue weighted by molar-refractivity contribution is 5.94. The number of amides is 1. The number of hydrogen-bond acceptors (Lipinski definition) is 2. The maximum Gasteiger partial charge on any atom is 0.254 e. The van der Waals surface area contributed by atoms with Gasteiger partial charge in [-0.05, 0) is 54.8 Å². The zero-order valence-corrected chi connectivity index (χ0v) is 26.7. The summed E-state index contributed by atoms with van der Waals surface area (Å²) in [6.07, 6.45) is 23.2. The Kier molecular flexibility index (Phi) is 15.8. The molecule has 0 bridgehead atoms. The molecule has 4 heteroatoms. The van der Waals surface area contributed by atoms with Crippen molar-refractivity contribution in [3.8, 4) is 5.75 Å². The third-order valence-corrected chi connectivity index (χ3v) is 8.12. The van der Waals surface area contributed by atoms with Crippen molar-refractivity contribution in [3.63, 3.8) is 0 Å². The molecule has 3 aromatic rings. The summed E-state index contributed by atoms with van der Waals surface area (Å²) in [7, 11) is 2.01. The minimum absolute atomic E-state index is 0.0413. The first-order chi connectivity index (χ1) is 20.6. The fourth-order valence-corrected chi connectivity index (χ4v) is 5.55. The molecule has 1 heterocycles. The second-order valence-corrected chi connectivity index (χ2v) is 11.9. The Hall–Kier alpha value is -3.14. The first-order valence-electron chi connectivity index (χ1n) is 16.6. The van der Waals surface area contributed by atoms with Gasteiger partial charge in [0, 0.05) is 23.7 Å². The molecular weight excluding hydrogens is 516 g/mol. The fraction of sp³-hybridized carbons (Fsp3) is 0.526. The molecule has 0 aliphatic heterocycles. The number of nitrogens with zero attached hydrogens (tertiary/aromatic N) is 2. The molecule has 0 aliphatic carbocycles. The first-order valence-corrected chi connectivity index (χ1v) is 16.6. The molecule has 0 unspecified atom stereocenters. The second kappa shape index (κ2) is 19.9. The predicted octanol–water partition coefficient (Wildman–Crippen LogP) is 9.52. The molecule has 0 atom stereocenters. The van der Waals surface area contributed by atoms with Gasteiger partial charge in [-0.3, -0.25) is 4.79 Å². The summed E-state index contributed by atoms with van der Waals surface area (Å²) in [6.45, 7) is 6.27. The number of carbonyl (C=O) groups excluding carboxylic acids is 1. The number of hydrogen-bond donors (Lipinski definition) is 0. The monoisotopic (exact) mass is 571 g/mol. The van der Waals surface area contributed by atoms with E-state index in [2.05, 4.69) is 44.3 Å². The summed E-state index contributed by atoms with van der Waals surface area (Å²) in [6, 6.07) is 20.0. The average molecular weight is 572 g/mol. The van der Waals surface area contributed by atoms with E-state index in [1.165, 1.54) is 83.5 Å². The Morgan fingerprint density at radius 2 is 1.36 bits per heavy atom. The first kappa shape index (κ1) is 33.4. The second-order valence-electron chi connectivity index (χ2n) is 11.9. The molecule has 1 amide bonds. The van der Waals surface area contributed by atoms with E-state index in [4.69, 9.17) is 4.74 Å². The number of unbranched alkanes of at least 4 members (excludes halogenated alkanes) is 13. The third kappa shape index (κ3) is 12.8. The van der Waals surface area contributed by atoms with Crippen molar-refractivity contribution >= 4 is 5.91 Å². The number of pyridine rings is 1. The number of benzene rings is 2. The van der Waals surface area contributed by atoms with Gasteiger partial charge in [0.1, 0.15) is 12.8 Å². The molecule has 0 spiro atoms. The van der Waals surface area contributed by atoms with Crippen molar-refractivity contribution in [1.29, 1.82) is 0 Å². The van der Waals surface area contributed by atoms with E-state index >= 15 is 0 Å². The van der Waals surface area contributed by atoms with Crippen LogP contribution in [0.2, 0.25) is 0 Å². The molecule has 0 aliphatic rings. The number of rotatable bonds is 21. The Labute approximate surface area is 256 Å². The lowest BCUT2D eigenvalue weighted by atomic mass is 10.0. The number of ether oxygens (including phenoxy) is 1. The highest BCUT2D eigenvalue weighted by Gasteiger charge is 2.18. The van der Waals surface area contributed by atoms with Crippen molar-refractivity contribution in [2.24, 2.45) is 7.05 Å². The van der Waals surface area contributed by atoms with E-state index in [1.807, 2.05) is 59.1 Å². The highest BCUT2D eigenvalue weighted by Crippen LogP contribution is 2.22. The fourth-order valence-electron chi connectivity index (χ4n) is 5.55. The molecule has 1 aromatic heterocycles. The van der Waals surface area contributed by atoms with E-state index in [9.17, 15) is 4.79 Å². The summed E-state index contributed by atoms with van der Waals surface area (Å²) < 4.78 is 8.12. The lowest BCUT2D eigenvalue weighted by Crippen LogP contribution is -2.32. The van der Waals surface area contributed by atoms with Crippen molar-refractivity contribution in [2.75, 3.05) is 6.61 Å². The summed E-state index contributed by atoms with van der Waals surface area (Å²) in [4.78, 5) is 15.4. The Bertz CT molecular complexity index is 1160. The Morgan fingerprint density at radius 1 is 0.738 bits per heavy atom.